The van der Waals surface area contributed by atoms with Gasteiger partial charge in [0.2, 0.25) is 5.91 Å². The molecule has 0 N–H and O–H groups in total. The zero-order valence-corrected chi connectivity index (χ0v) is 20.8. The highest BCUT2D eigenvalue weighted by molar-refractivity contribution is 5.78. The largest absolute Gasteiger partial charge is 0.377 e. The summed E-state index contributed by atoms with van der Waals surface area (Å²) < 4.78 is 5.52. The molecule has 2 saturated heterocycles. The maximum Gasteiger partial charge on any atom is 0.225 e. The van der Waals surface area contributed by atoms with Crippen LogP contribution in [0.25, 0.3) is 17.3 Å². The summed E-state index contributed by atoms with van der Waals surface area (Å²) in [6.45, 7) is 8.68. The average Bonchev–Trinajstić information content (AvgIpc) is 3.78. The molecule has 2 atom stereocenters. The van der Waals surface area contributed by atoms with Crippen molar-refractivity contribution in [1.29, 1.82) is 5.26 Å². The second-order valence-corrected chi connectivity index (χ2v) is 10.6. The Labute approximate surface area is 212 Å². The standard InChI is InChI=1S/C28H32N6O2/c1-3-18-12-23(32-30-15-18)26-17(2)22(14-29)28(31-27(26)20-6-7-20)33-9-10-34(24(16-33)19-4-5-19)25(35)13-21-8-11-36-21/h3,12,15,19-21,24H,1,4-11,13,16H2,2H3/t21-,24-/m0/s1. The fraction of sp³-hybridized carbons (Fsp3) is 0.536. The SMILES string of the molecule is C=Cc1cnnc(-c2c(C3CC3)nc(N3CCN(C(=O)C[C@@H]4CCO4)[C@H](C4CC4)C3)c(C#N)c2C)c1. The molecule has 2 aliphatic carbocycles. The number of anilines is 1. The van der Waals surface area contributed by atoms with Crippen molar-refractivity contribution >= 4 is 17.8 Å². The minimum Gasteiger partial charge on any atom is -0.377 e. The van der Waals surface area contributed by atoms with Crippen LogP contribution in [0.5, 0.6) is 0 Å². The number of hydrogen-bond donors (Lipinski definition) is 0. The maximum atomic E-state index is 13.1. The quantitative estimate of drug-likeness (QED) is 0.589. The predicted molar refractivity (Wildman–Crippen MR) is 136 cm³/mol. The van der Waals surface area contributed by atoms with Gasteiger partial charge < -0.3 is 14.5 Å². The van der Waals surface area contributed by atoms with Gasteiger partial charge >= 0.3 is 0 Å². The molecule has 0 unspecified atom stereocenters. The molecule has 186 valence electrons. The first-order valence-corrected chi connectivity index (χ1v) is 13.1. The molecule has 4 heterocycles. The van der Waals surface area contributed by atoms with Gasteiger partial charge in [-0.3, -0.25) is 4.79 Å². The number of hydrogen-bond acceptors (Lipinski definition) is 7. The number of nitrogens with zero attached hydrogens (tertiary/aromatic N) is 6. The van der Waals surface area contributed by atoms with Gasteiger partial charge in [0.1, 0.15) is 11.9 Å². The van der Waals surface area contributed by atoms with Gasteiger partial charge in [-0.15, -0.1) is 0 Å². The molecule has 2 aromatic rings. The molecule has 36 heavy (non-hydrogen) atoms. The molecule has 0 spiro atoms. The number of aromatic nitrogens is 3. The van der Waals surface area contributed by atoms with Crippen LogP contribution in [0, 0.1) is 24.2 Å². The number of nitriles is 1. The summed E-state index contributed by atoms with van der Waals surface area (Å²) in [5.41, 5.74) is 5.08. The molecule has 8 nitrogen and oxygen atoms in total. The van der Waals surface area contributed by atoms with Crippen molar-refractivity contribution in [1.82, 2.24) is 20.1 Å². The topological polar surface area (TPSA) is 95.2 Å². The van der Waals surface area contributed by atoms with Crippen LogP contribution in [0.2, 0.25) is 0 Å². The van der Waals surface area contributed by atoms with E-state index >= 15 is 0 Å². The molecule has 4 fully saturated rings. The zero-order valence-electron chi connectivity index (χ0n) is 20.8. The van der Waals surface area contributed by atoms with Crippen LogP contribution in [0.4, 0.5) is 5.82 Å². The van der Waals surface area contributed by atoms with Crippen LogP contribution in [0.15, 0.2) is 18.8 Å². The minimum atomic E-state index is 0.0845. The lowest BCUT2D eigenvalue weighted by Crippen LogP contribution is -2.57. The van der Waals surface area contributed by atoms with Crippen molar-refractivity contribution in [2.24, 2.45) is 5.92 Å². The molecular weight excluding hydrogens is 452 g/mol. The van der Waals surface area contributed by atoms with Crippen molar-refractivity contribution in [3.63, 3.8) is 0 Å². The Hall–Kier alpha value is -3.31. The predicted octanol–water partition coefficient (Wildman–Crippen LogP) is 3.85. The van der Waals surface area contributed by atoms with E-state index in [-0.39, 0.29) is 18.1 Å². The van der Waals surface area contributed by atoms with E-state index in [1.54, 1.807) is 12.3 Å². The van der Waals surface area contributed by atoms with E-state index in [4.69, 9.17) is 9.72 Å². The van der Waals surface area contributed by atoms with Gasteiger partial charge in [0.25, 0.3) is 0 Å². The van der Waals surface area contributed by atoms with E-state index in [1.165, 1.54) is 0 Å². The molecule has 2 aromatic heterocycles. The first-order chi connectivity index (χ1) is 17.6. The van der Waals surface area contributed by atoms with Gasteiger partial charge in [0, 0.05) is 37.7 Å². The molecule has 0 aromatic carbocycles. The fourth-order valence-corrected chi connectivity index (χ4v) is 5.62. The van der Waals surface area contributed by atoms with Gasteiger partial charge in [0.15, 0.2) is 0 Å². The van der Waals surface area contributed by atoms with Gasteiger partial charge in [-0.05, 0) is 62.1 Å². The molecular formula is C28H32N6O2. The van der Waals surface area contributed by atoms with Crippen molar-refractivity contribution in [3.05, 3.63) is 41.2 Å². The Morgan fingerprint density at radius 2 is 2.08 bits per heavy atom. The van der Waals surface area contributed by atoms with E-state index in [2.05, 4.69) is 32.6 Å². The lowest BCUT2D eigenvalue weighted by Gasteiger charge is -2.43. The normalized spacial score (nSPS) is 23.7. The van der Waals surface area contributed by atoms with Crippen LogP contribution < -0.4 is 4.90 Å². The van der Waals surface area contributed by atoms with Crippen LogP contribution >= 0.6 is 0 Å². The van der Waals surface area contributed by atoms with Crippen LogP contribution in [0.1, 0.15) is 66.8 Å². The highest BCUT2D eigenvalue weighted by atomic mass is 16.5. The van der Waals surface area contributed by atoms with Crippen molar-refractivity contribution < 1.29 is 9.53 Å². The summed E-state index contributed by atoms with van der Waals surface area (Å²) in [7, 11) is 0. The third-order valence-electron chi connectivity index (χ3n) is 8.10. The van der Waals surface area contributed by atoms with Crippen LogP contribution in [0.3, 0.4) is 0 Å². The minimum absolute atomic E-state index is 0.0845. The van der Waals surface area contributed by atoms with Crippen molar-refractivity contribution in [2.75, 3.05) is 31.1 Å². The van der Waals surface area contributed by atoms with E-state index in [0.29, 0.717) is 36.9 Å². The Bertz CT molecular complexity index is 1240. The first-order valence-electron chi connectivity index (χ1n) is 13.1. The number of pyridine rings is 1. The lowest BCUT2D eigenvalue weighted by atomic mass is 9.95. The second kappa shape index (κ2) is 9.29. The summed E-state index contributed by atoms with van der Waals surface area (Å²) in [6.07, 6.45) is 9.49. The Kier molecular flexibility index (Phi) is 5.96. The van der Waals surface area contributed by atoms with E-state index < -0.39 is 0 Å². The molecule has 0 bridgehead atoms. The number of amides is 1. The molecule has 6 rings (SSSR count). The summed E-state index contributed by atoms with van der Waals surface area (Å²) in [5.74, 6) is 1.87. The third-order valence-corrected chi connectivity index (χ3v) is 8.10. The first kappa shape index (κ1) is 23.1. The van der Waals surface area contributed by atoms with Gasteiger partial charge in [0.05, 0.1) is 41.7 Å². The van der Waals surface area contributed by atoms with Crippen molar-refractivity contribution in [3.8, 4) is 17.3 Å². The average molecular weight is 485 g/mol. The number of rotatable bonds is 7. The smallest absolute Gasteiger partial charge is 0.225 e. The zero-order chi connectivity index (χ0) is 24.8. The van der Waals surface area contributed by atoms with Gasteiger partial charge in [-0.1, -0.05) is 12.7 Å². The fourth-order valence-electron chi connectivity index (χ4n) is 5.62. The Morgan fingerprint density at radius 3 is 2.72 bits per heavy atom. The van der Waals surface area contributed by atoms with Crippen LogP contribution in [-0.2, 0) is 9.53 Å². The summed E-state index contributed by atoms with van der Waals surface area (Å²) in [5, 5.41) is 18.8. The van der Waals surface area contributed by atoms with Crippen LogP contribution in [-0.4, -0.2) is 64.4 Å². The van der Waals surface area contributed by atoms with Gasteiger partial charge in [-0.2, -0.15) is 15.5 Å². The van der Waals surface area contributed by atoms with Gasteiger partial charge in [-0.25, -0.2) is 4.98 Å². The number of ether oxygens (including phenoxy) is 1. The maximum absolute atomic E-state index is 13.1. The number of carbonyl (C=O) groups excluding carboxylic acids is 1. The molecule has 1 amide bonds. The van der Waals surface area contributed by atoms with E-state index in [1.807, 2.05) is 13.0 Å². The molecule has 2 aliphatic heterocycles. The Morgan fingerprint density at radius 1 is 1.28 bits per heavy atom. The number of piperazine rings is 1. The highest BCUT2D eigenvalue weighted by Crippen LogP contribution is 2.46. The lowest BCUT2D eigenvalue weighted by molar-refractivity contribution is -0.142. The third kappa shape index (κ3) is 4.26. The molecule has 4 aliphatic rings. The van der Waals surface area contributed by atoms with E-state index in [9.17, 15) is 10.1 Å². The molecule has 8 heteroatoms. The van der Waals surface area contributed by atoms with E-state index in [0.717, 1.165) is 79.2 Å². The molecule has 0 radical (unpaired) electrons. The monoisotopic (exact) mass is 484 g/mol. The second-order valence-electron chi connectivity index (χ2n) is 10.6. The molecule has 2 saturated carbocycles. The number of carbonyl (C=O) groups is 1. The van der Waals surface area contributed by atoms with Crippen molar-refractivity contribution in [2.45, 2.75) is 63.5 Å². The summed E-state index contributed by atoms with van der Waals surface area (Å²) in [4.78, 5) is 22.6. The Balaban J connectivity index is 1.34. The highest BCUT2D eigenvalue weighted by Gasteiger charge is 2.42. The summed E-state index contributed by atoms with van der Waals surface area (Å²) >= 11 is 0. The summed E-state index contributed by atoms with van der Waals surface area (Å²) in [6, 6.07) is 4.59.